The van der Waals surface area contributed by atoms with Crippen LogP contribution in [0.2, 0.25) is 0 Å². The average Bonchev–Trinajstić information content (AvgIpc) is 3.38. The van der Waals surface area contributed by atoms with Crippen molar-refractivity contribution in [2.75, 3.05) is 11.9 Å². The second-order valence-electron chi connectivity index (χ2n) is 7.22. The summed E-state index contributed by atoms with van der Waals surface area (Å²) in [6.45, 7) is 0.494. The first-order valence-corrected chi connectivity index (χ1v) is 11.3. The molecule has 2 fully saturated rings. The van der Waals surface area contributed by atoms with Gasteiger partial charge in [-0.1, -0.05) is 6.07 Å². The highest BCUT2D eigenvalue weighted by Gasteiger charge is 2.48. The maximum atomic E-state index is 12.7. The molecule has 0 spiro atoms. The van der Waals surface area contributed by atoms with Gasteiger partial charge < -0.3 is 10.2 Å². The van der Waals surface area contributed by atoms with Crippen molar-refractivity contribution in [2.45, 2.75) is 35.3 Å². The topological polar surface area (TPSA) is 78.5 Å². The molecule has 1 aromatic carbocycles. The van der Waals surface area contributed by atoms with E-state index in [1.165, 1.54) is 18.2 Å². The highest BCUT2D eigenvalue weighted by Crippen LogP contribution is 2.39. The molecular formula is C18H18F3N3O3S2. The van der Waals surface area contributed by atoms with Gasteiger partial charge in [0.05, 0.1) is 11.6 Å². The number of amides is 2. The summed E-state index contributed by atoms with van der Waals surface area (Å²) in [6.07, 6.45) is -3.10. The monoisotopic (exact) mass is 445 g/mol. The van der Waals surface area contributed by atoms with Crippen LogP contribution in [0.3, 0.4) is 0 Å². The third-order valence-electron chi connectivity index (χ3n) is 5.27. The first kappa shape index (κ1) is 20.2. The number of nitrogens with one attached hydrogen (secondary N) is 2. The van der Waals surface area contributed by atoms with Crippen LogP contribution in [0, 0.1) is 5.92 Å². The summed E-state index contributed by atoms with van der Waals surface area (Å²) < 4.78 is 65.9. The van der Waals surface area contributed by atoms with E-state index in [1.807, 2.05) is 0 Å². The van der Waals surface area contributed by atoms with Gasteiger partial charge in [0.15, 0.2) is 0 Å². The van der Waals surface area contributed by atoms with E-state index in [0.29, 0.717) is 19.4 Å². The Kier molecular flexibility index (Phi) is 5.07. The van der Waals surface area contributed by atoms with Crippen LogP contribution in [0.25, 0.3) is 0 Å². The molecule has 1 aliphatic carbocycles. The van der Waals surface area contributed by atoms with Gasteiger partial charge in [-0.25, -0.2) is 17.9 Å². The van der Waals surface area contributed by atoms with Gasteiger partial charge in [0.2, 0.25) is 10.0 Å². The van der Waals surface area contributed by atoms with Crippen molar-refractivity contribution in [2.24, 2.45) is 5.92 Å². The molecule has 1 saturated carbocycles. The Hall–Kier alpha value is -2.11. The quantitative estimate of drug-likeness (QED) is 0.753. The van der Waals surface area contributed by atoms with Crippen LogP contribution >= 0.6 is 11.3 Å². The van der Waals surface area contributed by atoms with E-state index in [1.54, 1.807) is 16.3 Å². The first-order chi connectivity index (χ1) is 13.6. The molecule has 6 nitrogen and oxygen atoms in total. The lowest BCUT2D eigenvalue weighted by Crippen LogP contribution is -2.52. The number of alkyl halides is 3. The highest BCUT2D eigenvalue weighted by molar-refractivity contribution is 7.91. The number of thiophene rings is 1. The molecule has 0 unspecified atom stereocenters. The van der Waals surface area contributed by atoms with Gasteiger partial charge in [-0.05, 0) is 54.5 Å². The number of sulfonamides is 1. The van der Waals surface area contributed by atoms with Gasteiger partial charge in [0.25, 0.3) is 0 Å². The summed E-state index contributed by atoms with van der Waals surface area (Å²) in [5.74, 6) is 0.189. The molecule has 1 aliphatic heterocycles. The fourth-order valence-electron chi connectivity index (χ4n) is 4.00. The zero-order chi connectivity index (χ0) is 20.8. The smallest absolute Gasteiger partial charge is 0.320 e. The van der Waals surface area contributed by atoms with Gasteiger partial charge in [0, 0.05) is 18.3 Å². The lowest BCUT2D eigenvalue weighted by atomic mass is 10.1. The lowest BCUT2D eigenvalue weighted by molar-refractivity contribution is -0.137. The number of benzene rings is 1. The second-order valence-corrected chi connectivity index (χ2v) is 10.1. The minimum atomic E-state index is -4.44. The van der Waals surface area contributed by atoms with Crippen molar-refractivity contribution in [3.05, 3.63) is 47.3 Å². The Balaban J connectivity index is 1.42. The van der Waals surface area contributed by atoms with Crippen LogP contribution in [-0.4, -0.2) is 38.0 Å². The molecule has 0 radical (unpaired) electrons. The molecule has 1 saturated heterocycles. The van der Waals surface area contributed by atoms with Crippen LogP contribution in [0.4, 0.5) is 23.7 Å². The number of halogens is 3. The minimum Gasteiger partial charge on any atom is -0.320 e. The van der Waals surface area contributed by atoms with Gasteiger partial charge in [-0.15, -0.1) is 11.3 Å². The van der Waals surface area contributed by atoms with E-state index in [0.717, 1.165) is 23.5 Å². The fraction of sp³-hybridized carbons (Fsp3) is 0.389. The van der Waals surface area contributed by atoms with Crippen molar-refractivity contribution in [3.63, 3.8) is 0 Å². The molecule has 4 rings (SSSR count). The summed E-state index contributed by atoms with van der Waals surface area (Å²) in [7, 11) is -3.65. The molecule has 2 heterocycles. The van der Waals surface area contributed by atoms with E-state index in [-0.39, 0.29) is 27.9 Å². The second kappa shape index (κ2) is 7.29. The summed E-state index contributed by atoms with van der Waals surface area (Å²) in [5.41, 5.74) is -0.541. The summed E-state index contributed by atoms with van der Waals surface area (Å²) in [6, 6.07) is 6.27. The summed E-state index contributed by atoms with van der Waals surface area (Å²) >= 11 is 1.12. The van der Waals surface area contributed by atoms with Crippen molar-refractivity contribution in [3.8, 4) is 0 Å². The molecule has 2 amide bonds. The number of anilines is 1. The van der Waals surface area contributed by atoms with Crippen LogP contribution < -0.4 is 10.0 Å². The maximum absolute atomic E-state index is 12.7. The van der Waals surface area contributed by atoms with Gasteiger partial charge >= 0.3 is 12.2 Å². The van der Waals surface area contributed by atoms with E-state index in [9.17, 15) is 26.4 Å². The van der Waals surface area contributed by atoms with Crippen LogP contribution in [0.1, 0.15) is 18.4 Å². The number of fused-ring (bicyclic) bond motifs is 2. The molecule has 2 bridgehead atoms. The van der Waals surface area contributed by atoms with Crippen molar-refractivity contribution >= 4 is 33.1 Å². The Labute approximate surface area is 169 Å². The average molecular weight is 445 g/mol. The number of hydrogen-bond acceptors (Lipinski definition) is 4. The fourth-order valence-corrected chi connectivity index (χ4v) is 6.29. The minimum absolute atomic E-state index is 0.189. The Bertz CT molecular complexity index is 992. The summed E-state index contributed by atoms with van der Waals surface area (Å²) in [5, 5.41) is 4.28. The third-order valence-corrected chi connectivity index (χ3v) is 8.16. The predicted molar refractivity (Wildman–Crippen MR) is 102 cm³/mol. The van der Waals surface area contributed by atoms with E-state index in [4.69, 9.17) is 0 Å². The van der Waals surface area contributed by atoms with Crippen LogP contribution in [0.5, 0.6) is 0 Å². The molecule has 29 heavy (non-hydrogen) atoms. The Morgan fingerprint density at radius 2 is 1.86 bits per heavy atom. The molecule has 2 N–H and O–H groups in total. The number of carbonyl (C=O) groups excluding carboxylic acids is 1. The molecule has 2 aromatic rings. The van der Waals surface area contributed by atoms with Crippen molar-refractivity contribution < 1.29 is 26.4 Å². The largest absolute Gasteiger partial charge is 0.416 e. The SMILES string of the molecule is O=C(Nc1ccc(C(F)(F)F)cc1)N1C[C@@H]2C[C@H](NS(=O)(=O)c3cccs3)[C@H]1C2. The van der Waals surface area contributed by atoms with Crippen LogP contribution in [-0.2, 0) is 16.2 Å². The summed E-state index contributed by atoms with van der Waals surface area (Å²) in [4.78, 5) is 14.2. The van der Waals surface area contributed by atoms with Gasteiger partial charge in [0.1, 0.15) is 4.21 Å². The van der Waals surface area contributed by atoms with Gasteiger partial charge in [-0.2, -0.15) is 13.2 Å². The number of piperidine rings is 1. The molecule has 11 heteroatoms. The molecule has 2 aliphatic rings. The lowest BCUT2D eigenvalue weighted by Gasteiger charge is -2.33. The van der Waals surface area contributed by atoms with E-state index >= 15 is 0 Å². The van der Waals surface area contributed by atoms with Crippen molar-refractivity contribution in [1.29, 1.82) is 0 Å². The Morgan fingerprint density at radius 1 is 1.14 bits per heavy atom. The number of nitrogens with zero attached hydrogens (tertiary/aromatic N) is 1. The zero-order valence-electron chi connectivity index (χ0n) is 15.0. The van der Waals surface area contributed by atoms with E-state index in [2.05, 4.69) is 10.0 Å². The predicted octanol–water partition coefficient (Wildman–Crippen LogP) is 3.74. The number of urea groups is 1. The maximum Gasteiger partial charge on any atom is 0.416 e. The zero-order valence-corrected chi connectivity index (χ0v) is 16.7. The number of rotatable bonds is 4. The van der Waals surface area contributed by atoms with Crippen molar-refractivity contribution in [1.82, 2.24) is 9.62 Å². The number of hydrogen-bond donors (Lipinski definition) is 2. The Morgan fingerprint density at radius 3 is 2.45 bits per heavy atom. The van der Waals surface area contributed by atoms with Crippen LogP contribution in [0.15, 0.2) is 46.0 Å². The molecule has 3 atom stereocenters. The molecule has 156 valence electrons. The highest BCUT2D eigenvalue weighted by atomic mass is 32.2. The first-order valence-electron chi connectivity index (χ1n) is 8.94. The normalized spacial score (nSPS) is 24.1. The van der Waals surface area contributed by atoms with Gasteiger partial charge in [-0.3, -0.25) is 0 Å². The third kappa shape index (κ3) is 4.12. The number of likely N-dealkylation sites (tertiary alicyclic amines) is 1. The number of carbonyl (C=O) groups is 1. The standard InChI is InChI=1S/C18H18F3N3O3S2/c19-18(20,21)12-3-5-13(6-4-12)22-17(25)24-10-11-8-14(15(24)9-11)23-29(26,27)16-2-1-7-28-16/h1-7,11,14-15,23H,8-10H2,(H,22,25)/t11-,14+,15-/m1/s1. The molecular weight excluding hydrogens is 427 g/mol. The molecule has 1 aromatic heterocycles. The van der Waals surface area contributed by atoms with E-state index < -0.39 is 27.8 Å².